The number of anilines is 1. The number of aliphatic hydroxyl groups excluding tert-OH is 2. The second kappa shape index (κ2) is 10.9. The molecule has 190 valence electrons. The van der Waals surface area contributed by atoms with Crippen molar-refractivity contribution in [2.45, 2.75) is 57.8 Å². The molecule has 36 heavy (non-hydrogen) atoms. The van der Waals surface area contributed by atoms with Gasteiger partial charge >= 0.3 is 0 Å². The third kappa shape index (κ3) is 5.50. The molecule has 0 bridgehead atoms. The molecule has 1 aliphatic carbocycles. The second-order valence-electron chi connectivity index (χ2n) is 9.18. The second-order valence-corrected chi connectivity index (χ2v) is 10.0. The Morgan fingerprint density at radius 3 is 2.64 bits per heavy atom. The van der Waals surface area contributed by atoms with E-state index in [9.17, 15) is 10.2 Å². The van der Waals surface area contributed by atoms with Crippen LogP contribution in [0.2, 0.25) is 0 Å². The van der Waals surface area contributed by atoms with Crippen molar-refractivity contribution >= 4 is 38.6 Å². The minimum absolute atomic E-state index is 0.00982. The Hall–Kier alpha value is -3.08. The summed E-state index contributed by atoms with van der Waals surface area (Å²) in [6.07, 6.45) is 5.10. The molecule has 9 nitrogen and oxygen atoms in total. The average Bonchev–Trinajstić information content (AvgIpc) is 3.42. The third-order valence-corrected chi connectivity index (χ3v) is 7.32. The monoisotopic (exact) mass is 555 g/mol. The molecule has 3 aliphatic rings. The number of hydrogen-bond acceptors (Lipinski definition) is 7. The zero-order valence-corrected chi connectivity index (χ0v) is 21.8. The number of aliphatic hydroxyl groups is 2. The molecule has 3 heterocycles. The number of nitrogens with zero attached hydrogens (tertiary/aromatic N) is 4. The molecule has 1 saturated carbocycles. The van der Waals surface area contributed by atoms with Crippen molar-refractivity contribution in [3.63, 3.8) is 0 Å². The van der Waals surface area contributed by atoms with Crippen molar-refractivity contribution in [3.05, 3.63) is 58.5 Å². The van der Waals surface area contributed by atoms with Crippen LogP contribution < -0.4 is 5.73 Å². The number of nitrogens with two attached hydrogens (primary N) is 1. The number of nitrogen functional groups attached to an aromatic ring is 1. The maximum atomic E-state index is 10.9. The van der Waals surface area contributed by atoms with Gasteiger partial charge < -0.3 is 25.6 Å². The lowest BCUT2D eigenvalue weighted by atomic mass is 9.95. The summed E-state index contributed by atoms with van der Waals surface area (Å²) in [7, 11) is 0. The van der Waals surface area contributed by atoms with Crippen LogP contribution in [0.4, 0.5) is 5.82 Å². The Kier molecular flexibility index (Phi) is 7.87. The Labute approximate surface area is 217 Å². The molecule has 2 aromatic rings. The van der Waals surface area contributed by atoms with Gasteiger partial charge in [0.05, 0.1) is 22.1 Å². The van der Waals surface area contributed by atoms with Gasteiger partial charge in [-0.2, -0.15) is 0 Å². The van der Waals surface area contributed by atoms with Crippen LogP contribution in [-0.4, -0.2) is 53.0 Å². The molecular formula is C26H30BrN5O4. The summed E-state index contributed by atoms with van der Waals surface area (Å²) < 4.78 is 2.80. The summed E-state index contributed by atoms with van der Waals surface area (Å²) >= 11 is 3.42. The number of halogens is 1. The van der Waals surface area contributed by atoms with Crippen molar-refractivity contribution < 1.29 is 20.1 Å². The van der Waals surface area contributed by atoms with E-state index >= 15 is 0 Å². The molecule has 4 atom stereocenters. The van der Waals surface area contributed by atoms with Gasteiger partial charge in [-0.25, -0.2) is 15.0 Å². The number of carboxylic acid groups (broad SMARTS) is 1. The van der Waals surface area contributed by atoms with Crippen molar-refractivity contribution in [2.75, 3.05) is 5.73 Å². The van der Waals surface area contributed by atoms with Crippen LogP contribution in [0, 0.1) is 5.92 Å². The molecule has 5 rings (SSSR count). The fourth-order valence-electron chi connectivity index (χ4n) is 4.84. The van der Waals surface area contributed by atoms with E-state index in [1.165, 1.54) is 0 Å². The predicted octanol–water partition coefficient (Wildman–Crippen LogP) is 3.84. The third-order valence-electron chi connectivity index (χ3n) is 6.68. The quantitative estimate of drug-likeness (QED) is 0.290. The number of hydrogen-bond donors (Lipinski definition) is 4. The standard InChI is InChI=1S/C24H26BrN5O2.C2H4O2/c1-2-13-7-19-24(28-12-27-19)30(11-13)20-10-16(21(31)22(20)32)6-4-14-3-5-15-9-17(25)23(26)29-18(15)8-14;1-2(3)4/h3,5,7-9,11-12,16,20-22,31-32H,2,4,6,10H2,1H3,(H2,26,29);1H3,(H,3,4)/t16-,20+,21+,22-;/m0./s1. The van der Waals surface area contributed by atoms with Crippen molar-refractivity contribution in [1.82, 2.24) is 19.5 Å². The van der Waals surface area contributed by atoms with Gasteiger partial charge in [-0.1, -0.05) is 19.1 Å². The normalized spacial score (nSPS) is 21.5. The maximum Gasteiger partial charge on any atom is 0.300 e. The molecule has 0 saturated heterocycles. The number of pyridine rings is 2. The molecular weight excluding hydrogens is 526 g/mol. The number of aromatic nitrogens is 4. The van der Waals surface area contributed by atoms with E-state index in [2.05, 4.69) is 49.9 Å². The summed E-state index contributed by atoms with van der Waals surface area (Å²) in [5, 5.41) is 30.2. The van der Waals surface area contributed by atoms with Gasteiger partial charge in [-0.3, -0.25) is 4.79 Å². The Bertz CT molecular complexity index is 1340. The lowest BCUT2D eigenvalue weighted by Crippen LogP contribution is -2.30. The van der Waals surface area contributed by atoms with Crippen LogP contribution in [0.25, 0.3) is 22.4 Å². The van der Waals surface area contributed by atoms with Crippen LogP contribution in [0.15, 0.2) is 47.3 Å². The highest BCUT2D eigenvalue weighted by Crippen LogP contribution is 2.40. The summed E-state index contributed by atoms with van der Waals surface area (Å²) in [4.78, 5) is 22.2. The van der Waals surface area contributed by atoms with Crippen LogP contribution >= 0.6 is 15.9 Å². The average molecular weight is 556 g/mol. The Morgan fingerprint density at radius 1 is 1.17 bits per heavy atom. The minimum Gasteiger partial charge on any atom is -0.481 e. The van der Waals surface area contributed by atoms with Gasteiger partial charge in [0.15, 0.2) is 5.82 Å². The molecule has 0 amide bonds. The van der Waals surface area contributed by atoms with Gasteiger partial charge in [0.25, 0.3) is 5.97 Å². The highest BCUT2D eigenvalue weighted by Gasteiger charge is 2.42. The van der Waals surface area contributed by atoms with E-state index in [4.69, 9.17) is 15.6 Å². The van der Waals surface area contributed by atoms with E-state index in [0.29, 0.717) is 12.2 Å². The van der Waals surface area contributed by atoms with Crippen molar-refractivity contribution in [2.24, 2.45) is 5.92 Å². The van der Waals surface area contributed by atoms with E-state index in [1.54, 1.807) is 6.33 Å². The highest BCUT2D eigenvalue weighted by molar-refractivity contribution is 9.10. The largest absolute Gasteiger partial charge is 0.481 e. The summed E-state index contributed by atoms with van der Waals surface area (Å²) in [6.45, 7) is 3.18. The number of benzene rings is 1. The zero-order chi connectivity index (χ0) is 26.0. The number of aryl methyl sites for hydroxylation is 2. The predicted molar refractivity (Wildman–Crippen MR) is 141 cm³/mol. The van der Waals surface area contributed by atoms with E-state index in [-0.39, 0.29) is 12.0 Å². The molecule has 5 N–H and O–H groups in total. The van der Waals surface area contributed by atoms with Crippen molar-refractivity contribution in [3.8, 4) is 11.5 Å². The molecule has 1 fully saturated rings. The van der Waals surface area contributed by atoms with Gasteiger partial charge in [0.1, 0.15) is 23.9 Å². The van der Waals surface area contributed by atoms with Gasteiger partial charge in [-0.15, -0.1) is 0 Å². The topological polar surface area (TPSA) is 147 Å². The van der Waals surface area contributed by atoms with Gasteiger partial charge in [-0.05, 0) is 76.9 Å². The number of rotatable bonds is 5. The van der Waals surface area contributed by atoms with E-state index in [0.717, 1.165) is 64.2 Å². The lowest BCUT2D eigenvalue weighted by Gasteiger charge is -2.23. The molecule has 0 spiro atoms. The maximum absolute atomic E-state index is 10.9. The number of aliphatic carboxylic acids is 1. The molecule has 0 radical (unpaired) electrons. The van der Waals surface area contributed by atoms with Crippen LogP contribution in [0.1, 0.15) is 43.9 Å². The molecule has 2 aliphatic heterocycles. The summed E-state index contributed by atoms with van der Waals surface area (Å²) in [5.41, 5.74) is 9.89. The van der Waals surface area contributed by atoms with Crippen LogP contribution in [0.5, 0.6) is 0 Å². The van der Waals surface area contributed by atoms with Gasteiger partial charge in [0.2, 0.25) is 0 Å². The molecule has 1 aromatic carbocycles. The fraction of sp³-hybridized carbons (Fsp3) is 0.385. The van der Waals surface area contributed by atoms with E-state index in [1.807, 2.05) is 29.0 Å². The SMILES string of the molecule is CC(=O)O.CCc1cc2ncnc-2n([C@@H]2C[C@H](CCc3ccc4cc(Br)c(N)nc4c3)[C@@H](O)[C@H]2O)c1. The first-order valence-corrected chi connectivity index (χ1v) is 12.7. The molecule has 0 unspecified atom stereocenters. The van der Waals surface area contributed by atoms with Crippen LogP contribution in [0.3, 0.4) is 0 Å². The number of carbonyl (C=O) groups is 1. The minimum atomic E-state index is -0.840. The van der Waals surface area contributed by atoms with Gasteiger partial charge in [0, 0.05) is 18.5 Å². The lowest BCUT2D eigenvalue weighted by molar-refractivity contribution is -0.134. The first-order chi connectivity index (χ1) is 17.2. The summed E-state index contributed by atoms with van der Waals surface area (Å²) in [5.74, 6) is 0.382. The molecule has 1 aromatic heterocycles. The summed E-state index contributed by atoms with van der Waals surface area (Å²) in [6, 6.07) is 9.96. The zero-order valence-electron chi connectivity index (χ0n) is 20.2. The van der Waals surface area contributed by atoms with E-state index < -0.39 is 18.2 Å². The number of fused-ring (bicyclic) bond motifs is 2. The number of imidazole rings is 1. The first kappa shape index (κ1) is 26.0. The van der Waals surface area contributed by atoms with Crippen molar-refractivity contribution in [1.29, 1.82) is 0 Å². The smallest absolute Gasteiger partial charge is 0.300 e. The fourth-order valence-corrected chi connectivity index (χ4v) is 5.18. The molecule has 10 heteroatoms. The Balaban J connectivity index is 0.000000709. The van der Waals surface area contributed by atoms with Crippen LogP contribution in [-0.2, 0) is 17.6 Å². The Morgan fingerprint density at radius 2 is 1.92 bits per heavy atom. The highest BCUT2D eigenvalue weighted by atomic mass is 79.9. The first-order valence-electron chi connectivity index (χ1n) is 11.9. The number of carboxylic acids is 1.